The Balaban J connectivity index is 2.40. The number of ether oxygens (including phenoxy) is 2. The molecule has 8 heteroatoms. The molecule has 1 aliphatic rings. The molecule has 1 aliphatic heterocycles. The summed E-state index contributed by atoms with van der Waals surface area (Å²) in [6.45, 7) is 5.16. The van der Waals surface area contributed by atoms with Crippen molar-refractivity contribution < 1.29 is 23.9 Å². The molecule has 8 nitrogen and oxygen atoms in total. The minimum absolute atomic E-state index is 0.0693. The number of esters is 1. The monoisotopic (exact) mass is 375 g/mol. The SMILES string of the molecule is COCC(=O)Nc1cccc([C@H]2NC(=O)N(C)C(C)=C2C(=O)OC(C)C)c1. The Kier molecular flexibility index (Phi) is 6.57. The molecule has 0 aliphatic carbocycles. The summed E-state index contributed by atoms with van der Waals surface area (Å²) in [7, 11) is 3.02. The Labute approximate surface area is 158 Å². The number of benzene rings is 1. The summed E-state index contributed by atoms with van der Waals surface area (Å²) >= 11 is 0. The van der Waals surface area contributed by atoms with Gasteiger partial charge < -0.3 is 25.0 Å². The predicted molar refractivity (Wildman–Crippen MR) is 99.9 cm³/mol. The summed E-state index contributed by atoms with van der Waals surface area (Å²) < 4.78 is 10.2. The molecule has 2 N–H and O–H groups in total. The number of methoxy groups -OCH3 is 1. The summed E-state index contributed by atoms with van der Waals surface area (Å²) in [6, 6.07) is 5.93. The second kappa shape index (κ2) is 8.68. The van der Waals surface area contributed by atoms with E-state index in [9.17, 15) is 14.4 Å². The van der Waals surface area contributed by atoms with E-state index in [1.165, 1.54) is 12.0 Å². The van der Waals surface area contributed by atoms with E-state index < -0.39 is 12.0 Å². The molecule has 1 aromatic rings. The number of hydrogen-bond acceptors (Lipinski definition) is 5. The maximum atomic E-state index is 12.7. The fraction of sp³-hybridized carbons (Fsp3) is 0.421. The highest BCUT2D eigenvalue weighted by atomic mass is 16.5. The average Bonchev–Trinajstić information content (AvgIpc) is 2.59. The quantitative estimate of drug-likeness (QED) is 0.743. The van der Waals surface area contributed by atoms with E-state index in [0.717, 1.165) is 0 Å². The first-order chi connectivity index (χ1) is 12.7. The zero-order valence-corrected chi connectivity index (χ0v) is 16.2. The van der Waals surface area contributed by atoms with Gasteiger partial charge in [0.1, 0.15) is 6.61 Å². The summed E-state index contributed by atoms with van der Waals surface area (Å²) in [6.07, 6.45) is -0.291. The lowest BCUT2D eigenvalue weighted by Gasteiger charge is -2.33. The Morgan fingerprint density at radius 1 is 1.33 bits per heavy atom. The Morgan fingerprint density at radius 3 is 2.67 bits per heavy atom. The highest BCUT2D eigenvalue weighted by Crippen LogP contribution is 2.32. The molecule has 0 bridgehead atoms. The van der Waals surface area contributed by atoms with E-state index >= 15 is 0 Å². The van der Waals surface area contributed by atoms with Crippen molar-refractivity contribution in [1.82, 2.24) is 10.2 Å². The van der Waals surface area contributed by atoms with Gasteiger partial charge in [-0.15, -0.1) is 0 Å². The fourth-order valence-corrected chi connectivity index (χ4v) is 2.75. The van der Waals surface area contributed by atoms with Crippen LogP contribution in [0.25, 0.3) is 0 Å². The molecule has 1 heterocycles. The van der Waals surface area contributed by atoms with Gasteiger partial charge in [0.05, 0.1) is 17.7 Å². The van der Waals surface area contributed by atoms with Gasteiger partial charge in [-0.1, -0.05) is 12.1 Å². The lowest BCUT2D eigenvalue weighted by molar-refractivity contribution is -0.143. The van der Waals surface area contributed by atoms with Crippen LogP contribution in [-0.4, -0.2) is 49.7 Å². The van der Waals surface area contributed by atoms with E-state index in [4.69, 9.17) is 9.47 Å². The fourth-order valence-electron chi connectivity index (χ4n) is 2.75. The molecule has 0 saturated carbocycles. The second-order valence-electron chi connectivity index (χ2n) is 6.50. The van der Waals surface area contributed by atoms with Crippen LogP contribution >= 0.6 is 0 Å². The van der Waals surface area contributed by atoms with Gasteiger partial charge in [-0.05, 0) is 38.5 Å². The van der Waals surface area contributed by atoms with Crippen LogP contribution in [0.1, 0.15) is 32.4 Å². The van der Waals surface area contributed by atoms with Crippen molar-refractivity contribution in [2.45, 2.75) is 32.9 Å². The van der Waals surface area contributed by atoms with E-state index in [-0.39, 0.29) is 24.6 Å². The number of nitrogens with zero attached hydrogens (tertiary/aromatic N) is 1. The van der Waals surface area contributed by atoms with Gasteiger partial charge in [-0.25, -0.2) is 9.59 Å². The lowest BCUT2D eigenvalue weighted by atomic mass is 9.94. The lowest BCUT2D eigenvalue weighted by Crippen LogP contribution is -2.46. The highest BCUT2D eigenvalue weighted by Gasteiger charge is 2.35. The molecule has 0 spiro atoms. The minimum Gasteiger partial charge on any atom is -0.459 e. The Hall–Kier alpha value is -2.87. The molecule has 1 atom stereocenters. The first-order valence-electron chi connectivity index (χ1n) is 8.59. The maximum Gasteiger partial charge on any atom is 0.338 e. The number of nitrogens with one attached hydrogen (secondary N) is 2. The van der Waals surface area contributed by atoms with E-state index in [0.29, 0.717) is 22.5 Å². The third kappa shape index (κ3) is 4.85. The van der Waals surface area contributed by atoms with Crippen LogP contribution in [0, 0.1) is 0 Å². The molecule has 2 rings (SSSR count). The normalized spacial score (nSPS) is 17.0. The van der Waals surface area contributed by atoms with Crippen LogP contribution in [0.5, 0.6) is 0 Å². The third-order valence-corrected chi connectivity index (χ3v) is 4.10. The summed E-state index contributed by atoms with van der Waals surface area (Å²) in [5.74, 6) is -0.790. The number of rotatable bonds is 6. The first kappa shape index (κ1) is 20.4. The zero-order valence-electron chi connectivity index (χ0n) is 16.2. The van der Waals surface area contributed by atoms with Gasteiger partial charge >= 0.3 is 12.0 Å². The number of amides is 3. The number of anilines is 1. The van der Waals surface area contributed by atoms with Crippen molar-refractivity contribution in [2.75, 3.05) is 26.1 Å². The highest BCUT2D eigenvalue weighted by molar-refractivity contribution is 5.95. The van der Waals surface area contributed by atoms with Crippen LogP contribution in [0.4, 0.5) is 10.5 Å². The number of carbonyl (C=O) groups excluding carboxylic acids is 3. The number of carbonyl (C=O) groups is 3. The van der Waals surface area contributed by atoms with Gasteiger partial charge in [0.2, 0.25) is 5.91 Å². The molecule has 146 valence electrons. The van der Waals surface area contributed by atoms with Gasteiger partial charge in [-0.2, -0.15) is 0 Å². The van der Waals surface area contributed by atoms with E-state index in [1.807, 2.05) is 0 Å². The van der Waals surface area contributed by atoms with Crippen LogP contribution < -0.4 is 10.6 Å². The molecule has 1 aromatic carbocycles. The van der Waals surface area contributed by atoms with Gasteiger partial charge in [0, 0.05) is 25.5 Å². The standard InChI is InChI=1S/C19H25N3O5/c1-11(2)27-18(24)16-12(3)22(4)19(25)21-17(16)13-7-6-8-14(9-13)20-15(23)10-26-5/h6-9,11,17H,10H2,1-5H3,(H,20,23)(H,21,25)/t17-/m1/s1. The molecule has 0 aromatic heterocycles. The molecular weight excluding hydrogens is 350 g/mol. The average molecular weight is 375 g/mol. The van der Waals surface area contributed by atoms with Crippen LogP contribution in [0.3, 0.4) is 0 Å². The van der Waals surface area contributed by atoms with E-state index in [2.05, 4.69) is 10.6 Å². The van der Waals surface area contributed by atoms with Crippen molar-refractivity contribution in [2.24, 2.45) is 0 Å². The third-order valence-electron chi connectivity index (χ3n) is 4.10. The molecule has 3 amide bonds. The van der Waals surface area contributed by atoms with Crippen molar-refractivity contribution in [3.05, 3.63) is 41.1 Å². The smallest absolute Gasteiger partial charge is 0.338 e. The summed E-state index contributed by atoms with van der Waals surface area (Å²) in [5.41, 5.74) is 2.06. The second-order valence-corrected chi connectivity index (χ2v) is 6.50. The topological polar surface area (TPSA) is 97.0 Å². The Morgan fingerprint density at radius 2 is 2.04 bits per heavy atom. The van der Waals surface area contributed by atoms with Crippen molar-refractivity contribution in [3.8, 4) is 0 Å². The summed E-state index contributed by atoms with van der Waals surface area (Å²) in [4.78, 5) is 38.0. The number of hydrogen-bond donors (Lipinski definition) is 2. The van der Waals surface area contributed by atoms with Crippen molar-refractivity contribution >= 4 is 23.6 Å². The summed E-state index contributed by atoms with van der Waals surface area (Å²) in [5, 5.41) is 5.52. The molecule has 0 radical (unpaired) electrons. The van der Waals surface area contributed by atoms with Crippen LogP contribution in [0.2, 0.25) is 0 Å². The maximum absolute atomic E-state index is 12.7. The van der Waals surface area contributed by atoms with Gasteiger partial charge in [0.25, 0.3) is 0 Å². The van der Waals surface area contributed by atoms with Gasteiger partial charge in [-0.3, -0.25) is 4.79 Å². The van der Waals surface area contributed by atoms with Crippen molar-refractivity contribution in [3.63, 3.8) is 0 Å². The molecular formula is C19H25N3O5. The molecule has 0 fully saturated rings. The predicted octanol–water partition coefficient (Wildman–Crippen LogP) is 2.19. The first-order valence-corrected chi connectivity index (χ1v) is 8.59. The number of urea groups is 1. The van der Waals surface area contributed by atoms with Gasteiger partial charge in [0.15, 0.2) is 0 Å². The van der Waals surface area contributed by atoms with E-state index in [1.54, 1.807) is 52.1 Å². The molecule has 0 saturated heterocycles. The van der Waals surface area contributed by atoms with Crippen molar-refractivity contribution in [1.29, 1.82) is 0 Å². The minimum atomic E-state index is -0.681. The molecule has 27 heavy (non-hydrogen) atoms. The largest absolute Gasteiger partial charge is 0.459 e. The zero-order chi connectivity index (χ0) is 20.1. The van der Waals surface area contributed by atoms with Crippen LogP contribution in [0.15, 0.2) is 35.5 Å². The molecule has 0 unspecified atom stereocenters. The number of allylic oxidation sites excluding steroid dienone is 1. The Bertz CT molecular complexity index is 772. The van der Waals surface area contributed by atoms with Crippen LogP contribution in [-0.2, 0) is 19.1 Å².